The van der Waals surface area contributed by atoms with Crippen molar-refractivity contribution >= 4 is 38.9 Å². The van der Waals surface area contributed by atoms with Crippen LogP contribution in [0.5, 0.6) is 0 Å². The molecule has 1 fully saturated rings. The Kier molecular flexibility index (Phi) is 4.20. The molecule has 0 aliphatic heterocycles. The van der Waals surface area contributed by atoms with Crippen molar-refractivity contribution in [2.24, 2.45) is 5.92 Å². The van der Waals surface area contributed by atoms with Crippen molar-refractivity contribution in [3.8, 4) is 11.4 Å². The molecule has 1 saturated carbocycles. The Labute approximate surface area is 147 Å². The van der Waals surface area contributed by atoms with Gasteiger partial charge in [0, 0.05) is 16.5 Å². The summed E-state index contributed by atoms with van der Waals surface area (Å²) in [5.74, 6) is 0.770. The van der Waals surface area contributed by atoms with Crippen LogP contribution in [-0.4, -0.2) is 25.7 Å². The van der Waals surface area contributed by atoms with Gasteiger partial charge < -0.3 is 5.32 Å². The van der Waals surface area contributed by atoms with Crippen molar-refractivity contribution in [2.45, 2.75) is 32.1 Å². The molecule has 8 heteroatoms. The normalized spacial score (nSPS) is 15.7. The van der Waals surface area contributed by atoms with Crippen LogP contribution in [-0.2, 0) is 4.79 Å². The molecule has 2 aromatic heterocycles. The van der Waals surface area contributed by atoms with Crippen LogP contribution in [0.2, 0.25) is 5.02 Å². The molecule has 0 atom stereocenters. The van der Waals surface area contributed by atoms with Gasteiger partial charge in [-0.2, -0.15) is 4.52 Å². The van der Waals surface area contributed by atoms with Crippen LogP contribution in [0, 0.1) is 5.92 Å². The third-order valence-electron chi connectivity index (χ3n) is 4.28. The number of benzene rings is 1. The van der Waals surface area contributed by atoms with Crippen molar-refractivity contribution < 1.29 is 4.79 Å². The van der Waals surface area contributed by atoms with Gasteiger partial charge in [-0.05, 0) is 25.0 Å². The first-order valence-electron chi connectivity index (χ1n) is 8.00. The molecule has 1 amide bonds. The summed E-state index contributed by atoms with van der Waals surface area (Å²) in [5, 5.41) is 16.9. The molecule has 0 saturated heterocycles. The lowest BCUT2D eigenvalue weighted by molar-refractivity contribution is -0.120. The molecule has 0 unspecified atom stereocenters. The van der Waals surface area contributed by atoms with Crippen LogP contribution in [0.25, 0.3) is 16.3 Å². The number of anilines is 1. The van der Waals surface area contributed by atoms with Crippen molar-refractivity contribution in [2.75, 3.05) is 5.32 Å². The van der Waals surface area contributed by atoms with Gasteiger partial charge in [0.2, 0.25) is 16.0 Å². The van der Waals surface area contributed by atoms with E-state index in [0.717, 1.165) is 31.2 Å². The summed E-state index contributed by atoms with van der Waals surface area (Å²) in [5.41, 5.74) is 0.838. The number of nitrogens with one attached hydrogen (secondary N) is 1. The van der Waals surface area contributed by atoms with E-state index in [2.05, 4.69) is 20.6 Å². The topological polar surface area (TPSA) is 72.2 Å². The second-order valence-electron chi connectivity index (χ2n) is 5.96. The molecule has 3 aromatic rings. The number of amides is 1. The van der Waals surface area contributed by atoms with Crippen LogP contribution < -0.4 is 5.32 Å². The molecule has 1 aliphatic rings. The predicted octanol–water partition coefficient (Wildman–Crippen LogP) is 4.03. The molecule has 0 radical (unpaired) electrons. The number of aromatic nitrogens is 4. The highest BCUT2D eigenvalue weighted by Crippen LogP contribution is 2.28. The number of rotatable bonds is 3. The van der Waals surface area contributed by atoms with Crippen LogP contribution in [0.1, 0.15) is 32.1 Å². The Hall–Kier alpha value is -1.99. The summed E-state index contributed by atoms with van der Waals surface area (Å²) in [6.45, 7) is 0. The second kappa shape index (κ2) is 6.49. The van der Waals surface area contributed by atoms with Crippen molar-refractivity contribution in [1.82, 2.24) is 19.8 Å². The number of hydrogen-bond acceptors (Lipinski definition) is 5. The SMILES string of the molecule is O=C(Nc1nn2c(-c3cccc(Cl)c3)nnc2s1)C1CCCCC1. The zero-order chi connectivity index (χ0) is 16.5. The van der Waals surface area contributed by atoms with Crippen LogP contribution in [0.4, 0.5) is 5.13 Å². The van der Waals surface area contributed by atoms with Crippen molar-refractivity contribution in [3.63, 3.8) is 0 Å². The Balaban J connectivity index is 1.59. The van der Waals surface area contributed by atoms with Gasteiger partial charge in [0.15, 0.2) is 5.82 Å². The Bertz CT molecular complexity index is 884. The minimum Gasteiger partial charge on any atom is -0.300 e. The number of carbonyl (C=O) groups excluding carboxylic acids is 1. The van der Waals surface area contributed by atoms with E-state index in [4.69, 9.17) is 11.6 Å². The molecule has 1 aromatic carbocycles. The van der Waals surface area contributed by atoms with E-state index in [1.165, 1.54) is 17.8 Å². The van der Waals surface area contributed by atoms with E-state index >= 15 is 0 Å². The van der Waals surface area contributed by atoms with Gasteiger partial charge in [0.1, 0.15) is 0 Å². The number of fused-ring (bicyclic) bond motifs is 1. The molecular formula is C16H16ClN5OS. The fraction of sp³-hybridized carbons (Fsp3) is 0.375. The fourth-order valence-corrected chi connectivity index (χ4v) is 3.98. The third kappa shape index (κ3) is 3.01. The van der Waals surface area contributed by atoms with Gasteiger partial charge in [0.25, 0.3) is 0 Å². The van der Waals surface area contributed by atoms with Gasteiger partial charge in [0.05, 0.1) is 0 Å². The summed E-state index contributed by atoms with van der Waals surface area (Å²) in [4.78, 5) is 13.0. The van der Waals surface area contributed by atoms with Crippen molar-refractivity contribution in [3.05, 3.63) is 29.3 Å². The van der Waals surface area contributed by atoms with Crippen molar-refractivity contribution in [1.29, 1.82) is 0 Å². The highest BCUT2D eigenvalue weighted by atomic mass is 35.5. The van der Waals surface area contributed by atoms with Gasteiger partial charge in [-0.25, -0.2) is 0 Å². The summed E-state index contributed by atoms with van der Waals surface area (Å²) in [6, 6.07) is 7.39. The highest BCUT2D eigenvalue weighted by molar-refractivity contribution is 7.20. The van der Waals surface area contributed by atoms with Gasteiger partial charge in [-0.15, -0.1) is 15.3 Å². The van der Waals surface area contributed by atoms with E-state index in [1.807, 2.05) is 18.2 Å². The first-order valence-corrected chi connectivity index (χ1v) is 9.19. The summed E-state index contributed by atoms with van der Waals surface area (Å²) >= 11 is 7.36. The van der Waals surface area contributed by atoms with E-state index in [-0.39, 0.29) is 11.8 Å². The zero-order valence-corrected chi connectivity index (χ0v) is 14.5. The largest absolute Gasteiger partial charge is 0.300 e. The maximum Gasteiger partial charge on any atom is 0.236 e. The molecule has 1 N–H and O–H groups in total. The van der Waals surface area contributed by atoms with E-state index in [0.29, 0.717) is 20.9 Å². The minimum atomic E-state index is 0.0592. The Morgan fingerprint density at radius 1 is 1.25 bits per heavy atom. The van der Waals surface area contributed by atoms with E-state index in [1.54, 1.807) is 10.6 Å². The molecule has 2 heterocycles. The fourth-order valence-electron chi connectivity index (χ4n) is 3.05. The lowest BCUT2D eigenvalue weighted by atomic mass is 9.89. The predicted molar refractivity (Wildman–Crippen MR) is 94.3 cm³/mol. The van der Waals surface area contributed by atoms with Crippen LogP contribution in [0.15, 0.2) is 24.3 Å². The number of hydrogen-bond donors (Lipinski definition) is 1. The summed E-state index contributed by atoms with van der Waals surface area (Å²) in [7, 11) is 0. The highest BCUT2D eigenvalue weighted by Gasteiger charge is 2.23. The zero-order valence-electron chi connectivity index (χ0n) is 12.9. The average Bonchev–Trinajstić information content (AvgIpc) is 3.15. The van der Waals surface area contributed by atoms with E-state index in [9.17, 15) is 4.79 Å². The lowest BCUT2D eigenvalue weighted by Crippen LogP contribution is -2.24. The minimum absolute atomic E-state index is 0.0592. The molecule has 0 spiro atoms. The molecule has 6 nitrogen and oxygen atoms in total. The van der Waals surface area contributed by atoms with Gasteiger partial charge in [-0.3, -0.25) is 4.79 Å². The van der Waals surface area contributed by atoms with E-state index < -0.39 is 0 Å². The number of carbonyl (C=O) groups is 1. The maximum absolute atomic E-state index is 12.4. The smallest absolute Gasteiger partial charge is 0.236 e. The quantitative estimate of drug-likeness (QED) is 0.764. The number of nitrogens with zero attached hydrogens (tertiary/aromatic N) is 4. The van der Waals surface area contributed by atoms with Crippen LogP contribution >= 0.6 is 22.9 Å². The average molecular weight is 362 g/mol. The standard InChI is InChI=1S/C16H16ClN5OS/c17-12-8-4-7-11(9-12)13-19-20-16-22(13)21-15(24-16)18-14(23)10-5-2-1-3-6-10/h4,7-10H,1-3,5-6H2,(H,18,21,23). The maximum atomic E-state index is 12.4. The molecular weight excluding hydrogens is 346 g/mol. The molecule has 124 valence electrons. The molecule has 4 rings (SSSR count). The molecule has 1 aliphatic carbocycles. The van der Waals surface area contributed by atoms with Gasteiger partial charge in [-0.1, -0.05) is 54.3 Å². The summed E-state index contributed by atoms with van der Waals surface area (Å²) < 4.78 is 1.65. The monoisotopic (exact) mass is 361 g/mol. The van der Waals surface area contributed by atoms with Gasteiger partial charge >= 0.3 is 0 Å². The third-order valence-corrected chi connectivity index (χ3v) is 5.33. The Morgan fingerprint density at radius 2 is 2.08 bits per heavy atom. The number of halogens is 1. The first-order chi connectivity index (χ1) is 11.7. The molecule has 24 heavy (non-hydrogen) atoms. The second-order valence-corrected chi connectivity index (χ2v) is 7.35. The summed E-state index contributed by atoms with van der Waals surface area (Å²) in [6.07, 6.45) is 5.40. The first kappa shape index (κ1) is 15.5. The van der Waals surface area contributed by atoms with Crippen LogP contribution in [0.3, 0.4) is 0 Å². The molecule has 0 bridgehead atoms. The lowest BCUT2D eigenvalue weighted by Gasteiger charge is -2.19. The Morgan fingerprint density at radius 3 is 2.88 bits per heavy atom.